The predicted octanol–water partition coefficient (Wildman–Crippen LogP) is 3.25. The third-order valence-corrected chi connectivity index (χ3v) is 4.78. The largest absolute Gasteiger partial charge is 0.507 e. The zero-order valence-electron chi connectivity index (χ0n) is 17.5. The monoisotopic (exact) mass is 404 g/mol. The Hall–Kier alpha value is -3.28. The van der Waals surface area contributed by atoms with Gasteiger partial charge in [0.2, 0.25) is 0 Å². The lowest BCUT2D eigenvalue weighted by atomic mass is 9.93. The topological polar surface area (TPSA) is 89.9 Å². The van der Waals surface area contributed by atoms with E-state index in [9.17, 15) is 10.2 Å². The number of aliphatic imine (C=N–C) groups is 4. The molecule has 1 aromatic carbocycles. The number of fused-ring (bicyclic) bond motifs is 2. The van der Waals surface area contributed by atoms with E-state index in [1.807, 2.05) is 24.3 Å². The van der Waals surface area contributed by atoms with E-state index in [-0.39, 0.29) is 11.5 Å². The van der Waals surface area contributed by atoms with Gasteiger partial charge < -0.3 is 10.2 Å². The Morgan fingerprint density at radius 1 is 0.733 bits per heavy atom. The van der Waals surface area contributed by atoms with Gasteiger partial charge in [-0.2, -0.15) is 0 Å². The summed E-state index contributed by atoms with van der Waals surface area (Å²) in [5.41, 5.74) is 2.81. The van der Waals surface area contributed by atoms with Crippen LogP contribution in [0.4, 0.5) is 0 Å². The second-order valence-corrected chi connectivity index (χ2v) is 7.11. The first-order chi connectivity index (χ1) is 14.7. The van der Waals surface area contributed by atoms with Crippen molar-refractivity contribution < 1.29 is 10.2 Å². The van der Waals surface area contributed by atoms with Crippen molar-refractivity contribution in [1.29, 1.82) is 0 Å². The van der Waals surface area contributed by atoms with E-state index in [0.29, 0.717) is 34.4 Å². The highest BCUT2D eigenvalue weighted by Gasteiger charge is 2.18. The molecular weight excluding hydrogens is 376 g/mol. The van der Waals surface area contributed by atoms with E-state index < -0.39 is 0 Å². The summed E-state index contributed by atoms with van der Waals surface area (Å²) in [5.74, 6) is 0.315. The second-order valence-electron chi connectivity index (χ2n) is 7.11. The van der Waals surface area contributed by atoms with Crippen LogP contribution in [-0.4, -0.2) is 48.2 Å². The number of nitrogens with zero attached hydrogens (tertiary/aromatic N) is 4. The molecule has 0 aromatic heterocycles. The van der Waals surface area contributed by atoms with E-state index in [2.05, 4.69) is 33.8 Å². The molecule has 0 heterocycles. The van der Waals surface area contributed by atoms with Crippen molar-refractivity contribution in [2.75, 3.05) is 13.1 Å². The SMILES string of the molecule is CCCN=CC=NC1=Cc2c(O)c3c(c(O)c2=CC1)C=C(N=CC=NCCC)CC=3. The first kappa shape index (κ1) is 21.4. The number of hydrogen-bond acceptors (Lipinski definition) is 6. The Labute approximate surface area is 176 Å². The maximum absolute atomic E-state index is 10.8. The van der Waals surface area contributed by atoms with Crippen LogP contribution >= 0.6 is 0 Å². The van der Waals surface area contributed by atoms with Crippen molar-refractivity contribution in [2.24, 2.45) is 20.0 Å². The summed E-state index contributed by atoms with van der Waals surface area (Å²) in [5, 5.41) is 23.0. The van der Waals surface area contributed by atoms with Crippen molar-refractivity contribution in [3.8, 4) is 11.5 Å². The molecule has 0 radical (unpaired) electrons. The smallest absolute Gasteiger partial charge is 0.131 e. The molecule has 0 saturated heterocycles. The van der Waals surface area contributed by atoms with Crippen molar-refractivity contribution in [1.82, 2.24) is 0 Å². The highest BCUT2D eigenvalue weighted by Crippen LogP contribution is 2.28. The summed E-state index contributed by atoms with van der Waals surface area (Å²) in [7, 11) is 0. The Kier molecular flexibility index (Phi) is 7.49. The van der Waals surface area contributed by atoms with E-state index in [0.717, 1.165) is 37.3 Å². The Bertz CT molecular complexity index is 1000. The summed E-state index contributed by atoms with van der Waals surface area (Å²) < 4.78 is 0. The predicted molar refractivity (Wildman–Crippen MR) is 127 cm³/mol. The second kappa shape index (κ2) is 10.5. The van der Waals surface area contributed by atoms with Crippen LogP contribution in [0.2, 0.25) is 0 Å². The summed E-state index contributed by atoms with van der Waals surface area (Å²) in [6, 6.07) is 0. The van der Waals surface area contributed by atoms with Crippen LogP contribution in [0, 0.1) is 0 Å². The summed E-state index contributed by atoms with van der Waals surface area (Å²) in [6.45, 7) is 5.70. The normalized spacial score (nSPS) is 15.9. The first-order valence-electron chi connectivity index (χ1n) is 10.4. The molecule has 6 nitrogen and oxygen atoms in total. The van der Waals surface area contributed by atoms with Crippen LogP contribution in [0.5, 0.6) is 11.5 Å². The molecule has 2 aliphatic carbocycles. The number of benzene rings is 1. The van der Waals surface area contributed by atoms with Crippen molar-refractivity contribution in [3.63, 3.8) is 0 Å². The van der Waals surface area contributed by atoms with E-state index in [1.165, 1.54) is 0 Å². The van der Waals surface area contributed by atoms with Crippen molar-refractivity contribution >= 4 is 49.2 Å². The van der Waals surface area contributed by atoms with Gasteiger partial charge in [-0.05, 0) is 25.0 Å². The standard InChI is InChI=1S/C24H28N4O2/c1-3-9-25-11-13-27-17-5-7-19-21(15-17)23(29)20-8-6-18(16-22(20)24(19)30)28-14-12-26-10-4-2/h7-8,11-16,29-30H,3-6,9-10H2,1-2H3. The fourth-order valence-corrected chi connectivity index (χ4v) is 3.31. The lowest BCUT2D eigenvalue weighted by Gasteiger charge is -2.16. The molecule has 30 heavy (non-hydrogen) atoms. The number of phenolic OH excluding ortho intramolecular Hbond substituents is 2. The molecule has 0 aliphatic heterocycles. The average molecular weight is 405 g/mol. The molecule has 0 amide bonds. The summed E-state index contributed by atoms with van der Waals surface area (Å²) in [4.78, 5) is 17.3. The summed E-state index contributed by atoms with van der Waals surface area (Å²) >= 11 is 0. The molecule has 1 aromatic rings. The van der Waals surface area contributed by atoms with E-state index in [1.54, 1.807) is 24.9 Å². The molecule has 0 fully saturated rings. The van der Waals surface area contributed by atoms with Gasteiger partial charge in [0.25, 0.3) is 0 Å². The Morgan fingerprint density at radius 2 is 1.17 bits per heavy atom. The molecule has 3 rings (SSSR count). The van der Waals surface area contributed by atoms with Gasteiger partial charge in [0.05, 0.1) is 0 Å². The molecular formula is C24H28N4O2. The quantitative estimate of drug-likeness (QED) is 0.514. The third-order valence-electron chi connectivity index (χ3n) is 4.78. The maximum Gasteiger partial charge on any atom is 0.131 e. The lowest BCUT2D eigenvalue weighted by molar-refractivity contribution is 0.450. The number of rotatable bonds is 8. The van der Waals surface area contributed by atoms with E-state index >= 15 is 0 Å². The number of phenols is 2. The molecule has 0 spiro atoms. The van der Waals surface area contributed by atoms with E-state index in [4.69, 9.17) is 0 Å². The van der Waals surface area contributed by atoms with Crippen LogP contribution in [0.1, 0.15) is 50.7 Å². The first-order valence-corrected chi connectivity index (χ1v) is 10.4. The Balaban J connectivity index is 1.90. The van der Waals surface area contributed by atoms with Gasteiger partial charge in [-0.25, -0.2) is 0 Å². The zero-order valence-corrected chi connectivity index (χ0v) is 17.5. The fraction of sp³-hybridized carbons (Fsp3) is 0.333. The molecule has 0 unspecified atom stereocenters. The van der Waals surface area contributed by atoms with Crippen LogP contribution in [0.3, 0.4) is 0 Å². The summed E-state index contributed by atoms with van der Waals surface area (Å²) in [6.07, 6.45) is 17.3. The Morgan fingerprint density at radius 3 is 1.57 bits per heavy atom. The minimum absolute atomic E-state index is 0.157. The minimum Gasteiger partial charge on any atom is -0.507 e. The molecule has 2 N–H and O–H groups in total. The molecule has 156 valence electrons. The third kappa shape index (κ3) is 5.00. The van der Waals surface area contributed by atoms with Crippen molar-refractivity contribution in [2.45, 2.75) is 39.5 Å². The highest BCUT2D eigenvalue weighted by atomic mass is 16.3. The lowest BCUT2D eigenvalue weighted by Crippen LogP contribution is -2.21. The van der Waals surface area contributed by atoms with Gasteiger partial charge in [-0.3, -0.25) is 20.0 Å². The molecule has 6 heteroatoms. The zero-order chi connectivity index (χ0) is 21.3. The maximum atomic E-state index is 10.8. The number of aromatic hydroxyl groups is 2. The number of allylic oxidation sites excluding steroid dienone is 2. The van der Waals surface area contributed by atoms with Crippen LogP contribution < -0.4 is 10.4 Å². The van der Waals surface area contributed by atoms with Crippen LogP contribution in [0.15, 0.2) is 31.4 Å². The van der Waals surface area contributed by atoms with Gasteiger partial charge in [0.1, 0.15) is 11.5 Å². The van der Waals surface area contributed by atoms with Gasteiger partial charge in [0, 0.05) is 83.7 Å². The fourth-order valence-electron chi connectivity index (χ4n) is 3.31. The molecule has 2 aliphatic rings. The molecule has 0 saturated carbocycles. The minimum atomic E-state index is 0.157. The number of hydrogen-bond donors (Lipinski definition) is 2. The van der Waals surface area contributed by atoms with Gasteiger partial charge in [-0.15, -0.1) is 0 Å². The molecule has 0 bridgehead atoms. The van der Waals surface area contributed by atoms with Gasteiger partial charge in [-0.1, -0.05) is 26.0 Å². The van der Waals surface area contributed by atoms with Gasteiger partial charge in [0.15, 0.2) is 0 Å². The average Bonchev–Trinajstić information content (AvgIpc) is 2.77. The van der Waals surface area contributed by atoms with Gasteiger partial charge >= 0.3 is 0 Å². The van der Waals surface area contributed by atoms with Crippen LogP contribution in [-0.2, 0) is 0 Å². The molecule has 0 atom stereocenters. The highest BCUT2D eigenvalue weighted by molar-refractivity contribution is 6.16. The van der Waals surface area contributed by atoms with Crippen molar-refractivity contribution in [3.05, 3.63) is 33.0 Å². The van der Waals surface area contributed by atoms with Crippen LogP contribution in [0.25, 0.3) is 24.3 Å².